The van der Waals surface area contributed by atoms with Crippen LogP contribution in [0.2, 0.25) is 0 Å². The second kappa shape index (κ2) is 3.91. The first kappa shape index (κ1) is 10.2. The second-order valence-electron chi connectivity index (χ2n) is 4.30. The third kappa shape index (κ3) is 2.55. The maximum absolute atomic E-state index is 11.2. The molecule has 13 heavy (non-hydrogen) atoms. The molecule has 0 aromatic carbocycles. The Morgan fingerprint density at radius 1 is 1.69 bits per heavy atom. The molecule has 0 radical (unpaired) electrons. The van der Waals surface area contributed by atoms with Gasteiger partial charge in [0, 0.05) is 6.42 Å². The van der Waals surface area contributed by atoms with E-state index in [9.17, 15) is 4.79 Å². The molecule has 0 amide bonds. The van der Waals surface area contributed by atoms with Gasteiger partial charge in [0.05, 0.1) is 0 Å². The summed E-state index contributed by atoms with van der Waals surface area (Å²) in [6.07, 6.45) is 3.53. The van der Waals surface area contributed by atoms with Gasteiger partial charge in [-0.3, -0.25) is 4.79 Å². The molecule has 1 aliphatic rings. The monoisotopic (exact) mass is 178 g/mol. The molecule has 1 nitrogen and oxygen atoms in total. The molecule has 0 aromatic rings. The van der Waals surface area contributed by atoms with Crippen LogP contribution in [0, 0.1) is 11.8 Å². The summed E-state index contributed by atoms with van der Waals surface area (Å²) >= 11 is 0. The summed E-state index contributed by atoms with van der Waals surface area (Å²) in [6.45, 7) is 10.2. The molecule has 0 fully saturated rings. The quantitative estimate of drug-likeness (QED) is 0.594. The molecule has 2 unspecified atom stereocenters. The van der Waals surface area contributed by atoms with E-state index in [2.05, 4.69) is 27.4 Å². The lowest BCUT2D eigenvalue weighted by Gasteiger charge is -2.28. The number of ketones is 1. The van der Waals surface area contributed by atoms with Crippen LogP contribution in [-0.2, 0) is 4.79 Å². The predicted octanol–water partition coefficient (Wildman–Crippen LogP) is 3.12. The Morgan fingerprint density at radius 3 is 2.77 bits per heavy atom. The zero-order valence-corrected chi connectivity index (χ0v) is 8.76. The van der Waals surface area contributed by atoms with E-state index >= 15 is 0 Å². The Labute approximate surface area is 80.5 Å². The van der Waals surface area contributed by atoms with E-state index < -0.39 is 0 Å². The summed E-state index contributed by atoms with van der Waals surface area (Å²) in [5, 5.41) is 0. The molecule has 0 aliphatic heterocycles. The third-order valence-electron chi connectivity index (χ3n) is 2.75. The summed E-state index contributed by atoms with van der Waals surface area (Å²) < 4.78 is 0. The van der Waals surface area contributed by atoms with Gasteiger partial charge < -0.3 is 0 Å². The van der Waals surface area contributed by atoms with Crippen LogP contribution in [0.5, 0.6) is 0 Å². The molecule has 0 heterocycles. The number of hydrogen-bond donors (Lipinski definition) is 0. The van der Waals surface area contributed by atoms with Gasteiger partial charge in [-0.2, -0.15) is 0 Å². The summed E-state index contributed by atoms with van der Waals surface area (Å²) in [7, 11) is 0. The maximum atomic E-state index is 11.2. The number of carbonyl (C=O) groups is 1. The van der Waals surface area contributed by atoms with Gasteiger partial charge in [-0.15, -0.1) is 6.58 Å². The SMILES string of the molecule is C=C(C)CC1C(C)=CC(=O)CC1C. The highest BCUT2D eigenvalue weighted by Gasteiger charge is 2.25. The van der Waals surface area contributed by atoms with E-state index in [0.717, 1.165) is 6.42 Å². The second-order valence-corrected chi connectivity index (χ2v) is 4.30. The van der Waals surface area contributed by atoms with Crippen LogP contribution in [0.25, 0.3) is 0 Å². The van der Waals surface area contributed by atoms with E-state index in [1.54, 1.807) is 6.08 Å². The van der Waals surface area contributed by atoms with Gasteiger partial charge in [-0.25, -0.2) is 0 Å². The number of hydrogen-bond acceptors (Lipinski definition) is 1. The minimum Gasteiger partial charge on any atom is -0.295 e. The fourth-order valence-electron chi connectivity index (χ4n) is 2.07. The Bertz CT molecular complexity index is 260. The van der Waals surface area contributed by atoms with E-state index in [4.69, 9.17) is 0 Å². The molecule has 0 bridgehead atoms. The summed E-state index contributed by atoms with van der Waals surface area (Å²) in [4.78, 5) is 11.2. The van der Waals surface area contributed by atoms with Gasteiger partial charge in [0.2, 0.25) is 0 Å². The Morgan fingerprint density at radius 2 is 2.31 bits per heavy atom. The Balaban J connectivity index is 2.77. The van der Waals surface area contributed by atoms with Gasteiger partial charge in [0.1, 0.15) is 0 Å². The van der Waals surface area contributed by atoms with E-state index in [-0.39, 0.29) is 5.78 Å². The molecule has 1 rings (SSSR count). The van der Waals surface area contributed by atoms with Crippen molar-refractivity contribution < 1.29 is 4.79 Å². The van der Waals surface area contributed by atoms with E-state index in [1.807, 2.05) is 0 Å². The predicted molar refractivity (Wildman–Crippen MR) is 55.5 cm³/mol. The summed E-state index contributed by atoms with van der Waals surface area (Å²) in [5.74, 6) is 1.30. The molecule has 1 aliphatic carbocycles. The third-order valence-corrected chi connectivity index (χ3v) is 2.75. The van der Waals surface area contributed by atoms with Crippen molar-refractivity contribution >= 4 is 5.78 Å². The zero-order chi connectivity index (χ0) is 10.0. The molecule has 0 saturated heterocycles. The highest BCUT2D eigenvalue weighted by molar-refractivity contribution is 5.91. The molecule has 0 saturated carbocycles. The van der Waals surface area contributed by atoms with Crippen molar-refractivity contribution in [2.24, 2.45) is 11.8 Å². The largest absolute Gasteiger partial charge is 0.295 e. The van der Waals surface area contributed by atoms with Crippen LogP contribution in [-0.4, -0.2) is 5.78 Å². The van der Waals surface area contributed by atoms with Gasteiger partial charge in [0.25, 0.3) is 0 Å². The molecule has 72 valence electrons. The van der Waals surface area contributed by atoms with Crippen LogP contribution in [0.3, 0.4) is 0 Å². The summed E-state index contributed by atoms with van der Waals surface area (Å²) in [6, 6.07) is 0. The van der Waals surface area contributed by atoms with Crippen molar-refractivity contribution in [1.29, 1.82) is 0 Å². The first-order valence-electron chi connectivity index (χ1n) is 4.86. The van der Waals surface area contributed by atoms with Crippen molar-refractivity contribution in [2.45, 2.75) is 33.6 Å². The van der Waals surface area contributed by atoms with E-state index in [0.29, 0.717) is 18.3 Å². The van der Waals surface area contributed by atoms with Gasteiger partial charge >= 0.3 is 0 Å². The van der Waals surface area contributed by atoms with Crippen molar-refractivity contribution in [3.05, 3.63) is 23.8 Å². The molecule has 0 spiro atoms. The fourth-order valence-corrected chi connectivity index (χ4v) is 2.07. The molecular weight excluding hydrogens is 160 g/mol. The minimum absolute atomic E-state index is 0.281. The number of allylic oxidation sites excluding steroid dienone is 3. The van der Waals surface area contributed by atoms with E-state index in [1.165, 1.54) is 11.1 Å². The highest BCUT2D eigenvalue weighted by atomic mass is 16.1. The summed E-state index contributed by atoms with van der Waals surface area (Å²) in [5.41, 5.74) is 2.44. The topological polar surface area (TPSA) is 17.1 Å². The number of rotatable bonds is 2. The molecule has 2 atom stereocenters. The van der Waals surface area contributed by atoms with Gasteiger partial charge in [0.15, 0.2) is 5.78 Å². The van der Waals surface area contributed by atoms with Crippen molar-refractivity contribution in [3.63, 3.8) is 0 Å². The average molecular weight is 178 g/mol. The molecule has 0 aromatic heterocycles. The minimum atomic E-state index is 0.281. The Hall–Kier alpha value is -0.850. The molecule has 1 heteroatoms. The highest BCUT2D eigenvalue weighted by Crippen LogP contribution is 2.32. The van der Waals surface area contributed by atoms with Crippen molar-refractivity contribution in [2.75, 3.05) is 0 Å². The smallest absolute Gasteiger partial charge is 0.155 e. The normalized spacial score (nSPS) is 28.5. The first-order valence-corrected chi connectivity index (χ1v) is 4.86. The molecule has 0 N–H and O–H groups in total. The Kier molecular flexibility index (Phi) is 3.07. The van der Waals surface area contributed by atoms with Crippen LogP contribution in [0.15, 0.2) is 23.8 Å². The van der Waals surface area contributed by atoms with Gasteiger partial charge in [-0.1, -0.05) is 18.1 Å². The first-order chi connectivity index (χ1) is 6.00. The lowest BCUT2D eigenvalue weighted by atomic mass is 9.76. The maximum Gasteiger partial charge on any atom is 0.155 e. The molecular formula is C12H18O. The standard InChI is InChI=1S/C12H18O/c1-8(2)5-12-9(3)6-11(13)7-10(12)4/h6,10,12H,1,5,7H2,2-4H3. The van der Waals surface area contributed by atoms with Crippen LogP contribution < -0.4 is 0 Å². The van der Waals surface area contributed by atoms with Gasteiger partial charge in [-0.05, 0) is 38.2 Å². The lowest BCUT2D eigenvalue weighted by molar-refractivity contribution is -0.116. The van der Waals surface area contributed by atoms with Crippen LogP contribution >= 0.6 is 0 Å². The van der Waals surface area contributed by atoms with Crippen molar-refractivity contribution in [1.82, 2.24) is 0 Å². The van der Waals surface area contributed by atoms with Crippen LogP contribution in [0.4, 0.5) is 0 Å². The van der Waals surface area contributed by atoms with Crippen LogP contribution in [0.1, 0.15) is 33.6 Å². The number of carbonyl (C=O) groups excluding carboxylic acids is 1. The van der Waals surface area contributed by atoms with Crippen molar-refractivity contribution in [3.8, 4) is 0 Å². The lowest BCUT2D eigenvalue weighted by Crippen LogP contribution is -2.21. The zero-order valence-electron chi connectivity index (χ0n) is 8.76. The average Bonchev–Trinajstić information content (AvgIpc) is 1.96. The fraction of sp³-hybridized carbons (Fsp3) is 0.583.